The third-order valence-electron chi connectivity index (χ3n) is 6.09. The van der Waals surface area contributed by atoms with Crippen LogP contribution in [0.5, 0.6) is 11.5 Å². The van der Waals surface area contributed by atoms with Gasteiger partial charge in [-0.2, -0.15) is 0 Å². The zero-order chi connectivity index (χ0) is 24.2. The molecule has 0 radical (unpaired) electrons. The first-order valence-electron chi connectivity index (χ1n) is 11.1. The second kappa shape index (κ2) is 10.1. The minimum atomic E-state index is -0.659. The van der Waals surface area contributed by atoms with Crippen LogP contribution in [0.2, 0.25) is 0 Å². The molecule has 0 fully saturated rings. The van der Waals surface area contributed by atoms with E-state index >= 15 is 0 Å². The number of amides is 1. The van der Waals surface area contributed by atoms with E-state index in [4.69, 9.17) is 9.47 Å². The van der Waals surface area contributed by atoms with Crippen LogP contribution in [0.15, 0.2) is 71.3 Å². The smallest absolute Gasteiger partial charge is 0.290 e. The number of ketones is 1. The van der Waals surface area contributed by atoms with Crippen LogP contribution >= 0.6 is 11.3 Å². The number of hydrogen-bond donors (Lipinski definition) is 1. The van der Waals surface area contributed by atoms with E-state index in [1.807, 2.05) is 47.8 Å². The SMILES string of the molecule is CCc1ccc([C@@H]2C(C(=O)c3cccs3)=C(O)C(=O)N2CCc2ccc(OC)c(OC)c2)cc1. The van der Waals surface area contributed by atoms with Crippen molar-refractivity contribution in [2.45, 2.75) is 25.8 Å². The average molecular weight is 478 g/mol. The Morgan fingerprint density at radius 3 is 2.35 bits per heavy atom. The molecule has 1 aliphatic rings. The van der Waals surface area contributed by atoms with Crippen LogP contribution in [0.1, 0.15) is 39.3 Å². The van der Waals surface area contributed by atoms with E-state index in [0.29, 0.717) is 29.3 Å². The van der Waals surface area contributed by atoms with Gasteiger partial charge in [-0.15, -0.1) is 11.3 Å². The van der Waals surface area contributed by atoms with Crippen molar-refractivity contribution in [3.05, 3.63) is 92.9 Å². The summed E-state index contributed by atoms with van der Waals surface area (Å²) in [7, 11) is 3.15. The molecule has 1 amide bonds. The summed E-state index contributed by atoms with van der Waals surface area (Å²) in [6, 6.07) is 16.3. The topological polar surface area (TPSA) is 76.1 Å². The van der Waals surface area contributed by atoms with Gasteiger partial charge < -0.3 is 19.5 Å². The van der Waals surface area contributed by atoms with Crippen molar-refractivity contribution >= 4 is 23.0 Å². The van der Waals surface area contributed by atoms with E-state index in [-0.39, 0.29) is 11.4 Å². The molecule has 34 heavy (non-hydrogen) atoms. The number of ether oxygens (including phenoxy) is 2. The number of hydrogen-bond acceptors (Lipinski definition) is 6. The Balaban J connectivity index is 1.67. The minimum Gasteiger partial charge on any atom is -0.503 e. The second-order valence-electron chi connectivity index (χ2n) is 8.00. The molecule has 1 atom stereocenters. The molecule has 0 bridgehead atoms. The highest BCUT2D eigenvalue weighted by Gasteiger charge is 2.43. The summed E-state index contributed by atoms with van der Waals surface area (Å²) in [6.45, 7) is 2.39. The van der Waals surface area contributed by atoms with Gasteiger partial charge in [0, 0.05) is 6.54 Å². The van der Waals surface area contributed by atoms with Crippen LogP contribution in [-0.4, -0.2) is 42.5 Å². The monoisotopic (exact) mass is 477 g/mol. The van der Waals surface area contributed by atoms with E-state index in [0.717, 1.165) is 23.1 Å². The lowest BCUT2D eigenvalue weighted by Gasteiger charge is -2.27. The molecule has 176 valence electrons. The van der Waals surface area contributed by atoms with Gasteiger partial charge in [-0.3, -0.25) is 9.59 Å². The molecule has 7 heteroatoms. The summed E-state index contributed by atoms with van der Waals surface area (Å²) in [4.78, 5) is 28.6. The van der Waals surface area contributed by atoms with Crippen LogP contribution < -0.4 is 9.47 Å². The van der Waals surface area contributed by atoms with E-state index in [2.05, 4.69) is 6.92 Å². The molecule has 3 aromatic rings. The fraction of sp³-hybridized carbons (Fsp3) is 0.259. The zero-order valence-corrected chi connectivity index (χ0v) is 20.2. The van der Waals surface area contributed by atoms with Crippen molar-refractivity contribution in [3.8, 4) is 11.5 Å². The summed E-state index contributed by atoms with van der Waals surface area (Å²) in [5.41, 5.74) is 3.03. The van der Waals surface area contributed by atoms with Gasteiger partial charge in [0.2, 0.25) is 5.78 Å². The molecular weight excluding hydrogens is 450 g/mol. The number of rotatable bonds is 9. The fourth-order valence-electron chi connectivity index (χ4n) is 4.22. The molecule has 0 saturated carbocycles. The van der Waals surface area contributed by atoms with E-state index in [1.165, 1.54) is 11.3 Å². The van der Waals surface area contributed by atoms with Crippen LogP contribution in [0.4, 0.5) is 0 Å². The fourth-order valence-corrected chi connectivity index (χ4v) is 4.90. The number of aliphatic hydroxyl groups excluding tert-OH is 1. The van der Waals surface area contributed by atoms with Gasteiger partial charge in [-0.25, -0.2) is 0 Å². The lowest BCUT2D eigenvalue weighted by Crippen LogP contribution is -2.33. The normalized spacial score (nSPS) is 15.7. The van der Waals surface area contributed by atoms with Crippen molar-refractivity contribution < 1.29 is 24.2 Å². The van der Waals surface area contributed by atoms with Gasteiger partial charge in [0.05, 0.1) is 30.7 Å². The van der Waals surface area contributed by atoms with Crippen molar-refractivity contribution in [2.24, 2.45) is 0 Å². The molecule has 2 aromatic carbocycles. The number of thiophene rings is 1. The molecule has 1 aliphatic heterocycles. The van der Waals surface area contributed by atoms with Gasteiger partial charge in [0.25, 0.3) is 5.91 Å². The molecule has 0 saturated heterocycles. The highest BCUT2D eigenvalue weighted by Crippen LogP contribution is 2.40. The Bertz CT molecular complexity index is 1210. The highest BCUT2D eigenvalue weighted by atomic mass is 32.1. The summed E-state index contributed by atoms with van der Waals surface area (Å²) in [5, 5.41) is 12.6. The van der Waals surface area contributed by atoms with E-state index in [9.17, 15) is 14.7 Å². The largest absolute Gasteiger partial charge is 0.503 e. The Morgan fingerprint density at radius 2 is 1.74 bits per heavy atom. The molecule has 2 heterocycles. The number of methoxy groups -OCH3 is 2. The first kappa shape index (κ1) is 23.6. The molecule has 1 N–H and O–H groups in total. The van der Waals surface area contributed by atoms with E-state index < -0.39 is 17.7 Å². The minimum absolute atomic E-state index is 0.129. The number of aryl methyl sites for hydroxylation is 1. The summed E-state index contributed by atoms with van der Waals surface area (Å²) in [5.74, 6) is -0.103. The molecular formula is C27H27NO5S. The number of Topliss-reactive ketones (excluding diaryl/α,β-unsaturated/α-hetero) is 1. The Morgan fingerprint density at radius 1 is 1.03 bits per heavy atom. The predicted octanol–water partition coefficient (Wildman–Crippen LogP) is 5.15. The average Bonchev–Trinajstić information content (AvgIpc) is 3.50. The number of benzene rings is 2. The number of aliphatic hydroxyl groups is 1. The maximum absolute atomic E-state index is 13.3. The number of carbonyl (C=O) groups excluding carboxylic acids is 2. The Kier molecular flexibility index (Phi) is 7.03. The molecule has 4 rings (SSSR count). The lowest BCUT2D eigenvalue weighted by atomic mass is 9.94. The third-order valence-corrected chi connectivity index (χ3v) is 6.95. The molecule has 0 unspecified atom stereocenters. The second-order valence-corrected chi connectivity index (χ2v) is 8.95. The van der Waals surface area contributed by atoms with Gasteiger partial charge in [0.15, 0.2) is 17.3 Å². The Hall–Kier alpha value is -3.58. The first-order valence-corrected chi connectivity index (χ1v) is 12.0. The van der Waals surface area contributed by atoms with Gasteiger partial charge in [-0.05, 0) is 53.1 Å². The van der Waals surface area contributed by atoms with Crippen LogP contribution in [0.25, 0.3) is 0 Å². The van der Waals surface area contributed by atoms with Crippen molar-refractivity contribution in [1.29, 1.82) is 0 Å². The predicted molar refractivity (Wildman–Crippen MR) is 132 cm³/mol. The van der Waals surface area contributed by atoms with Gasteiger partial charge in [0.1, 0.15) is 0 Å². The van der Waals surface area contributed by atoms with Crippen molar-refractivity contribution in [3.63, 3.8) is 0 Å². The summed E-state index contributed by atoms with van der Waals surface area (Å²) < 4.78 is 10.7. The Labute approximate surface area is 203 Å². The first-order chi connectivity index (χ1) is 16.5. The van der Waals surface area contributed by atoms with Crippen molar-refractivity contribution in [2.75, 3.05) is 20.8 Å². The molecule has 6 nitrogen and oxygen atoms in total. The van der Waals surface area contributed by atoms with Crippen LogP contribution in [0, 0.1) is 0 Å². The maximum atomic E-state index is 13.3. The number of carbonyl (C=O) groups is 2. The molecule has 0 spiro atoms. The zero-order valence-electron chi connectivity index (χ0n) is 19.4. The van der Waals surface area contributed by atoms with Crippen LogP contribution in [-0.2, 0) is 17.6 Å². The van der Waals surface area contributed by atoms with Gasteiger partial charge in [-0.1, -0.05) is 43.3 Å². The molecule has 0 aliphatic carbocycles. The van der Waals surface area contributed by atoms with Crippen molar-refractivity contribution in [1.82, 2.24) is 4.90 Å². The van der Waals surface area contributed by atoms with E-state index in [1.54, 1.807) is 31.3 Å². The summed E-state index contributed by atoms with van der Waals surface area (Å²) >= 11 is 1.29. The third kappa shape index (κ3) is 4.43. The summed E-state index contributed by atoms with van der Waals surface area (Å²) in [6.07, 6.45) is 1.40. The molecule has 1 aromatic heterocycles. The maximum Gasteiger partial charge on any atom is 0.290 e. The number of nitrogens with zero attached hydrogens (tertiary/aromatic N) is 1. The van der Waals surface area contributed by atoms with Crippen LogP contribution in [0.3, 0.4) is 0 Å². The lowest BCUT2D eigenvalue weighted by molar-refractivity contribution is -0.129. The quantitative estimate of drug-likeness (QED) is 0.432. The highest BCUT2D eigenvalue weighted by molar-refractivity contribution is 7.12. The van der Waals surface area contributed by atoms with Gasteiger partial charge >= 0.3 is 0 Å². The standard InChI is InChI=1S/C27H27NO5S/c1-4-17-7-10-19(11-8-17)24-23(25(29)22-6-5-15-34-22)26(30)27(31)28(24)14-13-18-9-12-20(32-2)21(16-18)33-3/h5-12,15-16,24,30H,4,13-14H2,1-3H3/t24-/m1/s1.